The lowest BCUT2D eigenvalue weighted by Crippen LogP contribution is -2.08. The molecule has 1 unspecified atom stereocenters. The molecular weight excluding hydrogens is 148 g/mol. The fourth-order valence-corrected chi connectivity index (χ4v) is 1.84. The third-order valence-corrected chi connectivity index (χ3v) is 2.71. The first-order chi connectivity index (χ1) is 5.70. The van der Waals surface area contributed by atoms with Gasteiger partial charge < -0.3 is 4.79 Å². The Balaban J connectivity index is 2.35. The van der Waals surface area contributed by atoms with E-state index in [9.17, 15) is 4.79 Å². The average Bonchev–Trinajstić information content (AvgIpc) is 2.03. The van der Waals surface area contributed by atoms with Crippen molar-refractivity contribution in [3.05, 3.63) is 11.6 Å². The predicted octanol–water partition coefficient (Wildman–Crippen LogP) is 3.10. The number of Topliss-reactive ketones (excluding diaryl/α,β-unsaturated/α-hetero) is 1. The topological polar surface area (TPSA) is 17.1 Å². The molecular formula is C11H18O. The molecule has 0 fully saturated rings. The van der Waals surface area contributed by atoms with Crippen molar-refractivity contribution in [2.45, 2.75) is 46.0 Å². The quantitative estimate of drug-likeness (QED) is 0.589. The summed E-state index contributed by atoms with van der Waals surface area (Å²) in [5, 5.41) is 0. The van der Waals surface area contributed by atoms with Crippen LogP contribution in [0.25, 0.3) is 0 Å². The van der Waals surface area contributed by atoms with Crippen LogP contribution in [0.5, 0.6) is 0 Å². The summed E-state index contributed by atoms with van der Waals surface area (Å²) in [5.41, 5.74) is 1.50. The highest BCUT2D eigenvalue weighted by molar-refractivity contribution is 5.75. The minimum atomic E-state index is 0.327. The average molecular weight is 166 g/mol. The monoisotopic (exact) mass is 166 g/mol. The third kappa shape index (κ3) is 2.80. The van der Waals surface area contributed by atoms with Crippen molar-refractivity contribution >= 4 is 5.78 Å². The van der Waals surface area contributed by atoms with E-state index < -0.39 is 0 Å². The van der Waals surface area contributed by atoms with Gasteiger partial charge in [0.25, 0.3) is 0 Å². The van der Waals surface area contributed by atoms with Crippen LogP contribution in [0.2, 0.25) is 0 Å². The summed E-state index contributed by atoms with van der Waals surface area (Å²) in [5.74, 6) is 1.02. The molecule has 1 nitrogen and oxygen atoms in total. The van der Waals surface area contributed by atoms with Crippen molar-refractivity contribution in [1.82, 2.24) is 0 Å². The normalized spacial score (nSPS) is 23.5. The van der Waals surface area contributed by atoms with Gasteiger partial charge in [0, 0.05) is 6.42 Å². The first kappa shape index (κ1) is 9.50. The molecule has 0 heterocycles. The van der Waals surface area contributed by atoms with E-state index in [1.807, 2.05) is 0 Å². The van der Waals surface area contributed by atoms with Gasteiger partial charge in [-0.1, -0.05) is 11.6 Å². The highest BCUT2D eigenvalue weighted by Gasteiger charge is 2.14. The number of hydrogen-bond acceptors (Lipinski definition) is 1. The van der Waals surface area contributed by atoms with Crippen molar-refractivity contribution in [1.29, 1.82) is 0 Å². The fraction of sp³-hybridized carbons (Fsp3) is 0.727. The van der Waals surface area contributed by atoms with Gasteiger partial charge in [-0.05, 0) is 45.4 Å². The number of allylic oxidation sites excluding steroid dienone is 2. The molecule has 1 heteroatoms. The van der Waals surface area contributed by atoms with Crippen molar-refractivity contribution in [3.63, 3.8) is 0 Å². The largest absolute Gasteiger partial charge is 0.300 e. The van der Waals surface area contributed by atoms with Crippen molar-refractivity contribution in [2.75, 3.05) is 0 Å². The summed E-state index contributed by atoms with van der Waals surface area (Å²) in [6.45, 7) is 3.88. The first-order valence-corrected chi connectivity index (χ1v) is 4.86. The minimum absolute atomic E-state index is 0.327. The van der Waals surface area contributed by atoms with Crippen LogP contribution in [0, 0.1) is 5.92 Å². The molecule has 0 amide bonds. The van der Waals surface area contributed by atoms with Crippen LogP contribution in [0.3, 0.4) is 0 Å². The van der Waals surface area contributed by atoms with Crippen LogP contribution in [0.4, 0.5) is 0 Å². The first-order valence-electron chi connectivity index (χ1n) is 4.86. The molecule has 0 bridgehead atoms. The van der Waals surface area contributed by atoms with E-state index in [1.165, 1.54) is 24.8 Å². The third-order valence-electron chi connectivity index (χ3n) is 2.71. The summed E-state index contributed by atoms with van der Waals surface area (Å²) >= 11 is 0. The maximum Gasteiger partial charge on any atom is 0.129 e. The zero-order valence-corrected chi connectivity index (χ0v) is 8.10. The van der Waals surface area contributed by atoms with Crippen LogP contribution in [0.1, 0.15) is 46.0 Å². The Morgan fingerprint density at radius 2 is 2.42 bits per heavy atom. The lowest BCUT2D eigenvalue weighted by Gasteiger charge is -2.20. The second-order valence-electron chi connectivity index (χ2n) is 3.82. The Morgan fingerprint density at radius 1 is 1.67 bits per heavy atom. The summed E-state index contributed by atoms with van der Waals surface area (Å²) in [4.78, 5) is 10.8. The van der Waals surface area contributed by atoms with Crippen LogP contribution >= 0.6 is 0 Å². The molecule has 0 saturated carbocycles. The molecule has 68 valence electrons. The van der Waals surface area contributed by atoms with Gasteiger partial charge in [-0.25, -0.2) is 0 Å². The van der Waals surface area contributed by atoms with Gasteiger partial charge in [0.15, 0.2) is 0 Å². The number of carbonyl (C=O) groups excluding carboxylic acids is 1. The minimum Gasteiger partial charge on any atom is -0.300 e. The van der Waals surface area contributed by atoms with E-state index in [0.717, 1.165) is 12.8 Å². The summed E-state index contributed by atoms with van der Waals surface area (Å²) in [6, 6.07) is 0. The van der Waals surface area contributed by atoms with Crippen molar-refractivity contribution in [2.24, 2.45) is 5.92 Å². The van der Waals surface area contributed by atoms with Crippen molar-refractivity contribution < 1.29 is 4.79 Å². The lowest BCUT2D eigenvalue weighted by atomic mass is 9.85. The predicted molar refractivity (Wildman–Crippen MR) is 51.0 cm³/mol. The number of hydrogen-bond donors (Lipinski definition) is 0. The highest BCUT2D eigenvalue weighted by Crippen LogP contribution is 2.27. The second-order valence-corrected chi connectivity index (χ2v) is 3.82. The van der Waals surface area contributed by atoms with Crippen LogP contribution in [-0.4, -0.2) is 5.78 Å². The van der Waals surface area contributed by atoms with E-state index >= 15 is 0 Å². The molecule has 0 aromatic carbocycles. The molecule has 12 heavy (non-hydrogen) atoms. The van der Waals surface area contributed by atoms with Crippen LogP contribution in [0.15, 0.2) is 11.6 Å². The van der Waals surface area contributed by atoms with Gasteiger partial charge >= 0.3 is 0 Å². The highest BCUT2D eigenvalue weighted by atomic mass is 16.1. The molecule has 0 N–H and O–H groups in total. The molecule has 1 rings (SSSR count). The Labute approximate surface area is 74.9 Å². The van der Waals surface area contributed by atoms with E-state index in [0.29, 0.717) is 11.7 Å². The van der Waals surface area contributed by atoms with Crippen LogP contribution in [-0.2, 0) is 4.79 Å². The van der Waals surface area contributed by atoms with Crippen molar-refractivity contribution in [3.8, 4) is 0 Å². The lowest BCUT2D eigenvalue weighted by molar-refractivity contribution is -0.117. The Hall–Kier alpha value is -0.590. The maximum atomic E-state index is 10.8. The zero-order valence-electron chi connectivity index (χ0n) is 8.10. The Kier molecular flexibility index (Phi) is 3.51. The van der Waals surface area contributed by atoms with Crippen LogP contribution < -0.4 is 0 Å². The standard InChI is InChI=1S/C11H18O/c1-9-5-3-4-6-11(9)8-7-10(2)12/h5,11H,3-4,6-8H2,1-2H3. The van der Waals surface area contributed by atoms with Gasteiger partial charge in [0.1, 0.15) is 5.78 Å². The molecule has 0 aliphatic heterocycles. The molecule has 0 saturated heterocycles. The molecule has 1 aliphatic carbocycles. The molecule has 0 aromatic heterocycles. The number of carbonyl (C=O) groups is 1. The van der Waals surface area contributed by atoms with E-state index in [4.69, 9.17) is 0 Å². The second kappa shape index (κ2) is 4.44. The van der Waals surface area contributed by atoms with Gasteiger partial charge in [0.2, 0.25) is 0 Å². The molecule has 1 atom stereocenters. The molecule has 0 aromatic rings. The van der Waals surface area contributed by atoms with E-state index in [-0.39, 0.29) is 0 Å². The van der Waals surface area contributed by atoms with Gasteiger partial charge in [-0.15, -0.1) is 0 Å². The summed E-state index contributed by atoms with van der Waals surface area (Å²) in [7, 11) is 0. The Morgan fingerprint density at radius 3 is 3.00 bits per heavy atom. The van der Waals surface area contributed by atoms with E-state index in [1.54, 1.807) is 6.92 Å². The number of rotatable bonds is 3. The van der Waals surface area contributed by atoms with Gasteiger partial charge in [-0.3, -0.25) is 0 Å². The van der Waals surface area contributed by atoms with E-state index in [2.05, 4.69) is 13.0 Å². The Bertz CT molecular complexity index is 191. The molecule has 0 radical (unpaired) electrons. The maximum absolute atomic E-state index is 10.8. The van der Waals surface area contributed by atoms with Gasteiger partial charge in [0.05, 0.1) is 0 Å². The summed E-state index contributed by atoms with van der Waals surface area (Å²) in [6.07, 6.45) is 7.99. The summed E-state index contributed by atoms with van der Waals surface area (Å²) < 4.78 is 0. The molecule has 0 spiro atoms. The SMILES string of the molecule is CC(=O)CCC1CCCC=C1C. The zero-order chi connectivity index (χ0) is 8.97. The fourth-order valence-electron chi connectivity index (χ4n) is 1.84. The van der Waals surface area contributed by atoms with Gasteiger partial charge in [-0.2, -0.15) is 0 Å². The smallest absolute Gasteiger partial charge is 0.129 e. The number of ketones is 1. The molecule has 1 aliphatic rings.